The van der Waals surface area contributed by atoms with Gasteiger partial charge in [-0.1, -0.05) is 12.6 Å². The number of hydrogen-bond acceptors (Lipinski definition) is 1. The van der Waals surface area contributed by atoms with Crippen molar-refractivity contribution < 1.29 is 4.39 Å². The van der Waals surface area contributed by atoms with E-state index in [1.165, 1.54) is 17.4 Å². The summed E-state index contributed by atoms with van der Waals surface area (Å²) in [5.74, 6) is 0. The van der Waals surface area contributed by atoms with Crippen molar-refractivity contribution in [2.45, 2.75) is 0 Å². The summed E-state index contributed by atoms with van der Waals surface area (Å²) >= 11 is 1.37. The van der Waals surface area contributed by atoms with Gasteiger partial charge in [0.2, 0.25) is 6.17 Å². The summed E-state index contributed by atoms with van der Waals surface area (Å²) in [5, 5.41) is 1.83. The molecule has 0 aromatic carbocycles. The lowest BCUT2D eigenvalue weighted by molar-refractivity contribution is 0.584. The minimum absolute atomic E-state index is 0.245. The topological polar surface area (TPSA) is 0 Å². The molecule has 1 rings (SSSR count). The SMILES string of the molecule is C=C[C](F)c1cccs1. The molecule has 0 amide bonds. The number of rotatable bonds is 2. The number of hydrogen-bond donors (Lipinski definition) is 0. The first-order chi connectivity index (χ1) is 4.34. The number of halogens is 1. The molecule has 1 aromatic rings. The Bertz CT molecular complexity index is 179. The zero-order chi connectivity index (χ0) is 6.69. The van der Waals surface area contributed by atoms with Crippen LogP contribution in [0.25, 0.3) is 0 Å². The predicted octanol–water partition coefficient (Wildman–Crippen LogP) is 2.78. The first kappa shape index (κ1) is 6.49. The molecule has 0 spiro atoms. The smallest absolute Gasteiger partial charge is 0.205 e. The monoisotopic (exact) mass is 141 g/mol. The Labute approximate surface area is 57.6 Å². The quantitative estimate of drug-likeness (QED) is 0.594. The summed E-state index contributed by atoms with van der Waals surface area (Å²) in [5.41, 5.74) is 0. The maximum absolute atomic E-state index is 12.5. The molecule has 47 valence electrons. The van der Waals surface area contributed by atoms with Crippen molar-refractivity contribution in [2.75, 3.05) is 0 Å². The van der Waals surface area contributed by atoms with Gasteiger partial charge in [-0.25, -0.2) is 4.39 Å². The molecular formula is C7H6FS. The van der Waals surface area contributed by atoms with Crippen LogP contribution in [-0.4, -0.2) is 0 Å². The molecule has 0 N–H and O–H groups in total. The molecule has 0 aliphatic carbocycles. The van der Waals surface area contributed by atoms with Gasteiger partial charge in [-0.2, -0.15) is 0 Å². The van der Waals surface area contributed by atoms with Crippen molar-refractivity contribution in [3.63, 3.8) is 0 Å². The van der Waals surface area contributed by atoms with Crippen LogP contribution in [-0.2, 0) is 0 Å². The summed E-state index contributed by atoms with van der Waals surface area (Å²) in [6.07, 6.45) is 0.969. The van der Waals surface area contributed by atoms with Gasteiger partial charge in [0.1, 0.15) is 0 Å². The molecule has 0 fully saturated rings. The third kappa shape index (κ3) is 1.39. The summed E-state index contributed by atoms with van der Waals surface area (Å²) in [6.45, 7) is 3.31. The molecule has 2 heteroatoms. The Morgan fingerprint density at radius 2 is 2.56 bits per heavy atom. The van der Waals surface area contributed by atoms with E-state index in [1.807, 2.05) is 11.4 Å². The van der Waals surface area contributed by atoms with E-state index in [-0.39, 0.29) is 6.17 Å². The molecule has 1 radical (unpaired) electrons. The first-order valence-electron chi connectivity index (χ1n) is 2.53. The van der Waals surface area contributed by atoms with Crippen LogP contribution in [0, 0.1) is 6.17 Å². The lowest BCUT2D eigenvalue weighted by atomic mass is 10.3. The fraction of sp³-hybridized carbons (Fsp3) is 0. The highest BCUT2D eigenvalue weighted by Crippen LogP contribution is 2.21. The summed E-state index contributed by atoms with van der Waals surface area (Å²) < 4.78 is 12.5. The fourth-order valence-electron chi connectivity index (χ4n) is 0.515. The number of allylic oxidation sites excluding steroid dienone is 1. The predicted molar refractivity (Wildman–Crippen MR) is 38.0 cm³/mol. The van der Waals surface area contributed by atoms with Crippen LogP contribution >= 0.6 is 11.3 Å². The van der Waals surface area contributed by atoms with Crippen LogP contribution < -0.4 is 0 Å². The standard InChI is InChI=1S/C7H6FS/c1-2-6(8)7-4-3-5-9-7/h2-5H,1H2. The molecule has 1 heterocycles. The Morgan fingerprint density at radius 1 is 1.78 bits per heavy atom. The Hall–Kier alpha value is -0.630. The molecule has 0 saturated carbocycles. The second-order valence-corrected chi connectivity index (χ2v) is 2.48. The maximum atomic E-state index is 12.5. The van der Waals surface area contributed by atoms with Gasteiger partial charge in [0, 0.05) is 4.88 Å². The van der Waals surface area contributed by atoms with Gasteiger partial charge >= 0.3 is 0 Å². The second-order valence-electron chi connectivity index (χ2n) is 1.53. The molecule has 0 saturated heterocycles. The minimum atomic E-state index is -0.245. The van der Waals surface area contributed by atoms with Gasteiger partial charge in [0.05, 0.1) is 0 Å². The van der Waals surface area contributed by atoms with Crippen LogP contribution in [0.3, 0.4) is 0 Å². The van der Waals surface area contributed by atoms with Gasteiger partial charge in [-0.15, -0.1) is 11.3 Å². The number of thiophene rings is 1. The molecule has 0 nitrogen and oxygen atoms in total. The van der Waals surface area contributed by atoms with E-state index in [0.717, 1.165) is 0 Å². The highest BCUT2D eigenvalue weighted by Gasteiger charge is 2.05. The molecular weight excluding hydrogens is 135 g/mol. The molecule has 9 heavy (non-hydrogen) atoms. The molecule has 0 bridgehead atoms. The van der Waals surface area contributed by atoms with Gasteiger partial charge in [-0.05, 0) is 17.5 Å². The van der Waals surface area contributed by atoms with E-state index in [2.05, 4.69) is 6.58 Å². The van der Waals surface area contributed by atoms with Crippen LogP contribution in [0.4, 0.5) is 4.39 Å². The first-order valence-corrected chi connectivity index (χ1v) is 3.41. The largest absolute Gasteiger partial charge is 0.229 e. The zero-order valence-corrected chi connectivity index (χ0v) is 5.62. The van der Waals surface area contributed by atoms with Crippen molar-refractivity contribution in [1.82, 2.24) is 0 Å². The summed E-state index contributed by atoms with van der Waals surface area (Å²) in [6, 6.07) is 3.53. The second kappa shape index (κ2) is 2.78. The van der Waals surface area contributed by atoms with Crippen LogP contribution in [0.2, 0.25) is 0 Å². The van der Waals surface area contributed by atoms with Crippen molar-refractivity contribution >= 4 is 11.3 Å². The van der Waals surface area contributed by atoms with E-state index in [9.17, 15) is 4.39 Å². The molecule has 0 aliphatic heterocycles. The lowest BCUT2D eigenvalue weighted by Gasteiger charge is -1.91. The van der Waals surface area contributed by atoms with Crippen molar-refractivity contribution in [1.29, 1.82) is 0 Å². The third-order valence-electron chi connectivity index (χ3n) is 0.936. The normalized spacial score (nSPS) is 10.0. The van der Waals surface area contributed by atoms with Crippen molar-refractivity contribution in [2.24, 2.45) is 0 Å². The minimum Gasteiger partial charge on any atom is -0.229 e. The van der Waals surface area contributed by atoms with Crippen LogP contribution in [0.5, 0.6) is 0 Å². The maximum Gasteiger partial charge on any atom is 0.205 e. The van der Waals surface area contributed by atoms with Crippen LogP contribution in [0.15, 0.2) is 30.2 Å². The summed E-state index contributed by atoms with van der Waals surface area (Å²) in [4.78, 5) is 0.644. The van der Waals surface area contributed by atoms with E-state index < -0.39 is 0 Å². The average Bonchev–Trinajstić information content (AvgIpc) is 2.37. The van der Waals surface area contributed by atoms with E-state index in [1.54, 1.807) is 6.07 Å². The van der Waals surface area contributed by atoms with E-state index in [4.69, 9.17) is 0 Å². The zero-order valence-electron chi connectivity index (χ0n) is 4.80. The van der Waals surface area contributed by atoms with Gasteiger partial charge in [-0.3, -0.25) is 0 Å². The van der Waals surface area contributed by atoms with Gasteiger partial charge < -0.3 is 0 Å². The van der Waals surface area contributed by atoms with Crippen LogP contribution in [0.1, 0.15) is 4.88 Å². The molecule has 0 atom stereocenters. The van der Waals surface area contributed by atoms with E-state index in [0.29, 0.717) is 4.88 Å². The molecule has 0 aliphatic rings. The summed E-state index contributed by atoms with van der Waals surface area (Å²) in [7, 11) is 0. The highest BCUT2D eigenvalue weighted by molar-refractivity contribution is 7.10. The highest BCUT2D eigenvalue weighted by atomic mass is 32.1. The Kier molecular flexibility index (Phi) is 2.01. The Balaban J connectivity index is 2.76. The van der Waals surface area contributed by atoms with Crippen molar-refractivity contribution in [3.8, 4) is 0 Å². The average molecular weight is 141 g/mol. The Morgan fingerprint density at radius 3 is 3.00 bits per heavy atom. The lowest BCUT2D eigenvalue weighted by Crippen LogP contribution is -1.78. The van der Waals surface area contributed by atoms with Crippen molar-refractivity contribution in [3.05, 3.63) is 41.2 Å². The third-order valence-corrected chi connectivity index (χ3v) is 1.81. The van der Waals surface area contributed by atoms with Gasteiger partial charge in [0.15, 0.2) is 0 Å². The molecule has 1 aromatic heterocycles. The fourth-order valence-corrected chi connectivity index (χ4v) is 1.17. The van der Waals surface area contributed by atoms with Gasteiger partial charge in [0.25, 0.3) is 0 Å². The van der Waals surface area contributed by atoms with E-state index >= 15 is 0 Å². The molecule has 0 unspecified atom stereocenters.